The summed E-state index contributed by atoms with van der Waals surface area (Å²) in [6, 6.07) is 4.26. The number of hydrogen-bond acceptors (Lipinski definition) is 5. The van der Waals surface area contributed by atoms with Crippen molar-refractivity contribution >= 4 is 38.5 Å². The second-order valence-electron chi connectivity index (χ2n) is 7.15. The molecule has 7 heteroatoms. The number of nitrogens with zero attached hydrogens (tertiary/aromatic N) is 2. The van der Waals surface area contributed by atoms with Gasteiger partial charge < -0.3 is 4.74 Å². The summed E-state index contributed by atoms with van der Waals surface area (Å²) < 4.78 is 19.9. The standard InChI is InChI=1S/C17H15FN2O3S/c1-16-11-5-6-12(23-11)17(16,2)14(22)20(13(16)21)15-19-9-4-3-8(18)7-10(9)24-15/h3-4,7,11-12H,5-6H2,1-2H3/t11-,12+,16+,17?/m0/s1. The van der Waals surface area contributed by atoms with Crippen molar-refractivity contribution in [2.45, 2.75) is 38.9 Å². The fourth-order valence-corrected chi connectivity index (χ4v) is 5.58. The van der Waals surface area contributed by atoms with Crippen molar-refractivity contribution in [3.63, 3.8) is 0 Å². The molecule has 0 saturated carbocycles. The van der Waals surface area contributed by atoms with Gasteiger partial charge in [-0.15, -0.1) is 0 Å². The molecule has 0 N–H and O–H groups in total. The van der Waals surface area contributed by atoms with E-state index in [-0.39, 0.29) is 29.8 Å². The van der Waals surface area contributed by atoms with Crippen LogP contribution in [0, 0.1) is 16.6 Å². The molecule has 1 aromatic carbocycles. The molecule has 3 aliphatic heterocycles. The Bertz CT molecular complexity index is 894. The van der Waals surface area contributed by atoms with Crippen molar-refractivity contribution in [3.05, 3.63) is 24.0 Å². The summed E-state index contributed by atoms with van der Waals surface area (Å²) in [5.74, 6) is -0.859. The Labute approximate surface area is 141 Å². The summed E-state index contributed by atoms with van der Waals surface area (Å²) in [7, 11) is 0. The van der Waals surface area contributed by atoms with Crippen molar-refractivity contribution in [1.82, 2.24) is 4.98 Å². The van der Waals surface area contributed by atoms with E-state index in [1.165, 1.54) is 28.4 Å². The molecule has 0 radical (unpaired) electrons. The number of fused-ring (bicyclic) bond motifs is 6. The van der Waals surface area contributed by atoms with Crippen LogP contribution in [0.3, 0.4) is 0 Å². The summed E-state index contributed by atoms with van der Waals surface area (Å²) in [6.45, 7) is 3.67. The van der Waals surface area contributed by atoms with Gasteiger partial charge in [0.05, 0.1) is 33.3 Å². The highest BCUT2D eigenvalue weighted by atomic mass is 32.1. The van der Waals surface area contributed by atoms with E-state index < -0.39 is 10.8 Å². The average molecular weight is 346 g/mol. The quantitative estimate of drug-likeness (QED) is 0.745. The van der Waals surface area contributed by atoms with E-state index in [9.17, 15) is 14.0 Å². The van der Waals surface area contributed by atoms with Crippen LogP contribution < -0.4 is 4.90 Å². The number of carbonyl (C=O) groups is 2. The van der Waals surface area contributed by atoms with Gasteiger partial charge in [0.1, 0.15) is 5.82 Å². The SMILES string of the molecule is CC12C(=O)N(c3nc4ccc(F)cc4s3)C(=O)[C@@]1(C)[C@@H]1CC[C@H]2O1. The first-order valence-corrected chi connectivity index (χ1v) is 8.79. The number of benzene rings is 1. The lowest BCUT2D eigenvalue weighted by atomic mass is 9.59. The van der Waals surface area contributed by atoms with E-state index in [1.807, 2.05) is 13.8 Å². The number of hydrogen-bond donors (Lipinski definition) is 0. The fraction of sp³-hybridized carbons (Fsp3) is 0.471. The lowest BCUT2D eigenvalue weighted by Crippen LogP contribution is -2.48. The van der Waals surface area contributed by atoms with E-state index in [0.717, 1.165) is 12.8 Å². The smallest absolute Gasteiger partial charge is 0.245 e. The molecule has 124 valence electrons. The van der Waals surface area contributed by atoms with E-state index >= 15 is 0 Å². The van der Waals surface area contributed by atoms with Gasteiger partial charge in [0.15, 0.2) is 5.13 Å². The number of thiazole rings is 1. The van der Waals surface area contributed by atoms with Gasteiger partial charge in [-0.25, -0.2) is 14.3 Å². The molecule has 2 bridgehead atoms. The molecule has 2 amide bonds. The van der Waals surface area contributed by atoms with Crippen molar-refractivity contribution in [2.75, 3.05) is 4.90 Å². The second-order valence-corrected chi connectivity index (χ2v) is 8.16. The molecule has 3 aliphatic rings. The predicted molar refractivity (Wildman–Crippen MR) is 86.2 cm³/mol. The molecule has 4 atom stereocenters. The molecular formula is C17H15FN2O3S. The number of rotatable bonds is 1. The first-order valence-electron chi connectivity index (χ1n) is 7.98. The normalized spacial score (nSPS) is 37.7. The molecule has 4 heterocycles. The summed E-state index contributed by atoms with van der Waals surface area (Å²) in [5, 5.41) is 0.321. The molecule has 1 aromatic heterocycles. The Hall–Kier alpha value is -1.86. The van der Waals surface area contributed by atoms with Crippen LogP contribution in [-0.2, 0) is 14.3 Å². The molecule has 5 nitrogen and oxygen atoms in total. The minimum absolute atomic E-state index is 0.222. The number of anilines is 1. The van der Waals surface area contributed by atoms with Crippen LogP contribution in [0.4, 0.5) is 9.52 Å². The highest BCUT2D eigenvalue weighted by Gasteiger charge is 2.77. The molecule has 1 unspecified atom stereocenters. The molecule has 0 spiro atoms. The third-order valence-electron chi connectivity index (χ3n) is 6.21. The van der Waals surface area contributed by atoms with Gasteiger partial charge >= 0.3 is 0 Å². The maximum atomic E-state index is 13.4. The maximum Gasteiger partial charge on any atom is 0.245 e. The zero-order chi connectivity index (χ0) is 16.9. The van der Waals surface area contributed by atoms with E-state index in [1.54, 1.807) is 6.07 Å². The number of carbonyl (C=O) groups excluding carboxylic acids is 2. The van der Waals surface area contributed by atoms with Crippen molar-refractivity contribution in [2.24, 2.45) is 10.8 Å². The first kappa shape index (κ1) is 14.5. The third kappa shape index (κ3) is 1.38. The van der Waals surface area contributed by atoms with Gasteiger partial charge in [-0.1, -0.05) is 11.3 Å². The van der Waals surface area contributed by atoms with Gasteiger partial charge in [0.25, 0.3) is 0 Å². The number of ether oxygens (including phenoxy) is 1. The highest BCUT2D eigenvalue weighted by Crippen LogP contribution is 2.64. The van der Waals surface area contributed by atoms with E-state index in [2.05, 4.69) is 4.98 Å². The van der Waals surface area contributed by atoms with Crippen LogP contribution in [0.15, 0.2) is 18.2 Å². The lowest BCUT2D eigenvalue weighted by molar-refractivity contribution is -0.132. The Morgan fingerprint density at radius 1 is 1.21 bits per heavy atom. The van der Waals surface area contributed by atoms with Crippen LogP contribution in [0.5, 0.6) is 0 Å². The zero-order valence-electron chi connectivity index (χ0n) is 13.2. The highest BCUT2D eigenvalue weighted by molar-refractivity contribution is 7.22. The summed E-state index contributed by atoms with van der Waals surface area (Å²) in [6.07, 6.45) is 1.16. The molecule has 24 heavy (non-hydrogen) atoms. The van der Waals surface area contributed by atoms with Gasteiger partial charge in [0, 0.05) is 0 Å². The number of aromatic nitrogens is 1. The van der Waals surface area contributed by atoms with Crippen LogP contribution in [0.1, 0.15) is 26.7 Å². The molecule has 3 saturated heterocycles. The Morgan fingerprint density at radius 2 is 1.83 bits per heavy atom. The van der Waals surface area contributed by atoms with E-state index in [4.69, 9.17) is 4.74 Å². The van der Waals surface area contributed by atoms with Crippen LogP contribution in [-0.4, -0.2) is 29.0 Å². The molecule has 0 aliphatic carbocycles. The van der Waals surface area contributed by atoms with Crippen LogP contribution >= 0.6 is 11.3 Å². The second kappa shape index (κ2) is 4.21. The molecular weight excluding hydrogens is 331 g/mol. The largest absolute Gasteiger partial charge is 0.373 e. The molecule has 2 aromatic rings. The summed E-state index contributed by atoms with van der Waals surface area (Å²) >= 11 is 1.17. The minimum atomic E-state index is -0.851. The number of amides is 2. The summed E-state index contributed by atoms with van der Waals surface area (Å²) in [4.78, 5) is 31.9. The van der Waals surface area contributed by atoms with Gasteiger partial charge in [0.2, 0.25) is 11.8 Å². The first-order chi connectivity index (χ1) is 11.4. The van der Waals surface area contributed by atoms with Gasteiger partial charge in [-0.2, -0.15) is 0 Å². The van der Waals surface area contributed by atoms with Crippen LogP contribution in [0.25, 0.3) is 10.2 Å². The predicted octanol–water partition coefficient (Wildman–Crippen LogP) is 2.88. The fourth-order valence-electron chi connectivity index (χ4n) is 4.59. The third-order valence-corrected chi connectivity index (χ3v) is 7.21. The van der Waals surface area contributed by atoms with Crippen molar-refractivity contribution in [1.29, 1.82) is 0 Å². The van der Waals surface area contributed by atoms with E-state index in [0.29, 0.717) is 15.3 Å². The zero-order valence-corrected chi connectivity index (χ0v) is 14.0. The monoisotopic (exact) mass is 346 g/mol. The van der Waals surface area contributed by atoms with Crippen molar-refractivity contribution in [3.8, 4) is 0 Å². The number of halogens is 1. The Kier molecular flexibility index (Phi) is 2.54. The lowest BCUT2D eigenvalue weighted by Gasteiger charge is -2.36. The minimum Gasteiger partial charge on any atom is -0.373 e. The summed E-state index contributed by atoms with van der Waals surface area (Å²) in [5.41, 5.74) is -1.12. The Balaban J connectivity index is 1.67. The van der Waals surface area contributed by atoms with Gasteiger partial charge in [-0.05, 0) is 44.9 Å². The van der Waals surface area contributed by atoms with Crippen molar-refractivity contribution < 1.29 is 18.7 Å². The Morgan fingerprint density at radius 3 is 2.46 bits per heavy atom. The number of imide groups is 1. The molecule has 5 rings (SSSR count). The average Bonchev–Trinajstić information content (AvgIpc) is 3.25. The molecule has 3 fully saturated rings. The maximum absolute atomic E-state index is 13.4. The topological polar surface area (TPSA) is 59.5 Å². The van der Waals surface area contributed by atoms with Crippen LogP contribution in [0.2, 0.25) is 0 Å². The van der Waals surface area contributed by atoms with Gasteiger partial charge in [-0.3, -0.25) is 9.59 Å².